The third-order valence-corrected chi connectivity index (χ3v) is 11.2. The Morgan fingerprint density at radius 1 is 0.418 bits per heavy atom. The molecule has 1 aliphatic heterocycles. The van der Waals surface area contributed by atoms with Crippen LogP contribution in [0.15, 0.2) is 38.0 Å². The van der Waals surface area contributed by atoms with Gasteiger partial charge >= 0.3 is 237 Å². The van der Waals surface area contributed by atoms with Gasteiger partial charge in [-0.2, -0.15) is 0 Å². The van der Waals surface area contributed by atoms with Crippen LogP contribution in [-0.2, 0) is 166 Å². The molecular weight excluding hydrogens is 2550 g/mol. The van der Waals surface area contributed by atoms with Crippen molar-refractivity contribution in [3.8, 4) is 0 Å². The molecule has 1 heterocycles. The summed E-state index contributed by atoms with van der Waals surface area (Å²) in [6.07, 6.45) is 10.0. The fraction of sp³-hybridized carbons (Fsp3) is 0.607. The summed E-state index contributed by atoms with van der Waals surface area (Å²) in [6, 6.07) is -5.06. The van der Waals surface area contributed by atoms with Gasteiger partial charge in [-0.25, -0.2) is 24.0 Å². The maximum absolute atomic E-state index is 12.4. The van der Waals surface area contributed by atoms with Gasteiger partial charge in [0, 0.05) is 38.6 Å². The zero-order valence-electron chi connectivity index (χ0n) is 66.1. The standard InChI is InChI=1S/C21H33N3O7.C16H25N3O10.2C6H12O2.2C4H6O4.C4H4O3.8ClH.8H2N.3H2O.4Pt/c1-4-13-29-18(25)11-10-17(20(27)31-15-6-3)24-21(28)23-16(9-7-8-12-22)19(26)30-14-5-2;20-9-29-12(5-7-14(24)25)19-16(28)18-10(15(26)27)3-1-2-8-17-11(21)4-6-13(22)23;2*1-2-3-4-5-6(7)8;2*5-3(6)1-2-4(7)8;5-3-1-2-4(6)7-3;;;;;;;;;;;;;;;;;;;;;;;/h4-6,16-17H,1-3,7-15,22H2,(H2,23,24,28);9-10,12H,1-8H2,(H,17,21)(H,22,23)(H,24,25)(H,26,27)(H2,18,19,28);2*2-5H2,1H3,(H,7,8);2*1-2H2,(H,5,6)(H,7,8);1-2H2;8*1H;11*1H2;;;;/q;;;;;;;;;;;;;;;8*-1;;;;4*+4/p-8/t16-,17-;10-,12+;;;;;;;;;;;;;;;;;;;;;;;;;;;;/m00............................/s1. The van der Waals surface area contributed by atoms with Crippen LogP contribution >= 0.6 is 75.3 Å². The van der Waals surface area contributed by atoms with Crippen molar-refractivity contribution < 1.29 is 238 Å². The molecule has 0 radical (unpaired) electrons. The van der Waals surface area contributed by atoms with E-state index in [9.17, 15) is 86.3 Å². The number of urea groups is 2. The summed E-state index contributed by atoms with van der Waals surface area (Å²) < 4.78 is 23.5. The molecular formula is C61H120Cl8N14O35Pt4. The van der Waals surface area contributed by atoms with Crippen LogP contribution in [0, 0.1) is 0 Å². The summed E-state index contributed by atoms with van der Waals surface area (Å²) >= 11 is -1.89. The number of hydrogen-bond acceptors (Lipinski definition) is 24. The number of unbranched alkanes of at least 4 members (excludes halogenated alkanes) is 6. The SMILES string of the molecule is C=CCOC(=O)CC[C@H](NC(=O)N[C@@H](CCCCN)C(=O)OCC=C)C(=O)OCC=C.CCCCCC(=O)O.CCCCCC(=O)O.O.O.O.O=C(O)CCC(=O)O.O=C(O)CCC(=O)O.O=C1CCC(=O)O1.O=CO[C@H](CCC(=O)O)NC(=O)N[C@@H](CCCCNC(=O)CCC(=O)O)C(=O)O.[Cl][Pt+2][Cl].[Cl][Pt+2][Cl].[Cl][Pt+2][Cl].[Cl][Pt+2][Cl].[NH2-].[NH2-].[NH2-].[NH2-].[NH2-].[NH2-].[NH2-].[NH2-]. The summed E-state index contributed by atoms with van der Waals surface area (Å²) in [5, 5.41) is 85.9. The molecule has 38 N–H and O–H groups in total. The van der Waals surface area contributed by atoms with E-state index in [-0.39, 0.29) is 182 Å². The van der Waals surface area contributed by atoms with Crippen molar-refractivity contribution >= 4 is 183 Å². The number of halogens is 8. The second-order valence-electron chi connectivity index (χ2n) is 20.1. The smallest absolute Gasteiger partial charge is 0.693 e. The first-order valence-corrected chi connectivity index (χ1v) is 54.3. The van der Waals surface area contributed by atoms with Crippen molar-refractivity contribution in [2.75, 3.05) is 32.9 Å². The zero-order valence-corrected chi connectivity index (χ0v) is 81.2. The van der Waals surface area contributed by atoms with Gasteiger partial charge in [-0.15, -0.1) is 0 Å². The third kappa shape index (κ3) is 165. The van der Waals surface area contributed by atoms with E-state index in [4.69, 9.17) is 141 Å². The molecule has 49 nitrogen and oxygen atoms in total. The maximum atomic E-state index is 12.4. The first-order chi connectivity index (χ1) is 52.3. The van der Waals surface area contributed by atoms with E-state index in [1.165, 1.54) is 18.2 Å². The number of nitrogens with two attached hydrogens (primary N) is 9. The van der Waals surface area contributed by atoms with E-state index >= 15 is 0 Å². The molecule has 0 aromatic rings. The molecule has 0 bridgehead atoms. The Morgan fingerprint density at radius 3 is 1.02 bits per heavy atom. The number of carbonyl (C=O) groups is 18. The number of ether oxygens (including phenoxy) is 5. The summed E-state index contributed by atoms with van der Waals surface area (Å²) in [4.78, 5) is 193. The summed E-state index contributed by atoms with van der Waals surface area (Å²) in [7, 11) is 39.0. The van der Waals surface area contributed by atoms with Crippen molar-refractivity contribution in [2.24, 2.45) is 5.73 Å². The Bertz CT molecular complexity index is 2580. The number of carboxylic acid groups (broad SMARTS) is 9. The Kier molecular flexibility index (Phi) is 185. The number of carbonyl (C=O) groups excluding carboxylic acids is 9. The fourth-order valence-corrected chi connectivity index (χ4v) is 6.34. The molecule has 4 atom stereocenters. The number of esters is 5. The Hall–Kier alpha value is -5.93. The molecule has 0 saturated carbocycles. The van der Waals surface area contributed by atoms with Crippen LogP contribution in [0.1, 0.15) is 181 Å². The van der Waals surface area contributed by atoms with E-state index in [1.54, 1.807) is 0 Å². The number of amides is 5. The van der Waals surface area contributed by atoms with Gasteiger partial charge in [0.05, 0.1) is 51.4 Å². The second kappa shape index (κ2) is 133. The molecule has 0 aromatic heterocycles. The molecule has 1 saturated heterocycles. The molecule has 5 amide bonds. The van der Waals surface area contributed by atoms with Crippen molar-refractivity contribution in [1.82, 2.24) is 26.6 Å². The number of hydrogen-bond donors (Lipinski definition) is 15. The number of aliphatic carboxylic acids is 9. The minimum absolute atomic E-state index is 0. The van der Waals surface area contributed by atoms with Gasteiger partial charge in [0.1, 0.15) is 37.9 Å². The Balaban J connectivity index is -0.0000000534. The average molecular weight is 2670 g/mol. The summed E-state index contributed by atoms with van der Waals surface area (Å²) in [5.41, 5.74) is 5.47. The molecule has 0 spiro atoms. The monoisotopic (exact) mass is 2670 g/mol. The van der Waals surface area contributed by atoms with E-state index in [2.05, 4.69) is 69.6 Å². The predicted molar refractivity (Wildman–Crippen MR) is 442 cm³/mol. The third-order valence-electron chi connectivity index (χ3n) is 11.2. The van der Waals surface area contributed by atoms with Crippen LogP contribution in [0.2, 0.25) is 0 Å². The molecule has 1 aliphatic rings. The number of cyclic esters (lactones) is 2. The van der Waals surface area contributed by atoms with Crippen LogP contribution < -0.4 is 32.3 Å². The van der Waals surface area contributed by atoms with Crippen LogP contribution in [0.5, 0.6) is 0 Å². The first-order valence-electron chi connectivity index (χ1n) is 31.8. The van der Waals surface area contributed by atoms with E-state index < -0.39 is 192 Å². The minimum Gasteiger partial charge on any atom is -0.693 e. The van der Waals surface area contributed by atoms with Crippen LogP contribution in [0.25, 0.3) is 49.2 Å². The summed E-state index contributed by atoms with van der Waals surface area (Å²) in [5.74, 6) is -12.4. The second-order valence-corrected chi connectivity index (χ2v) is 33.2. The van der Waals surface area contributed by atoms with Gasteiger partial charge in [0.15, 0.2) is 6.23 Å². The van der Waals surface area contributed by atoms with Crippen molar-refractivity contribution in [1.29, 1.82) is 0 Å². The summed E-state index contributed by atoms with van der Waals surface area (Å²) in [6.45, 7) is 15.2. The van der Waals surface area contributed by atoms with Gasteiger partial charge < -0.3 is 168 Å². The van der Waals surface area contributed by atoms with Crippen molar-refractivity contribution in [3.63, 3.8) is 0 Å². The molecule has 740 valence electrons. The fourth-order valence-electron chi connectivity index (χ4n) is 6.34. The predicted octanol–water partition coefficient (Wildman–Crippen LogP) is 12.2. The quantitative estimate of drug-likeness (QED) is 0.00512. The van der Waals surface area contributed by atoms with Crippen LogP contribution in [-0.4, -0.2) is 228 Å². The molecule has 0 aromatic carbocycles. The molecule has 1 rings (SSSR count). The normalized spacial score (nSPS) is 10.1. The Morgan fingerprint density at radius 2 is 0.721 bits per heavy atom. The minimum atomic E-state index is -1.30. The van der Waals surface area contributed by atoms with Gasteiger partial charge in [-0.3, -0.25) is 62.3 Å². The average Bonchev–Trinajstić information content (AvgIpc) is 1.08. The van der Waals surface area contributed by atoms with Crippen molar-refractivity contribution in [2.45, 2.75) is 205 Å². The van der Waals surface area contributed by atoms with Gasteiger partial charge in [0.25, 0.3) is 6.47 Å². The maximum Gasteiger partial charge on any atom is -0.693 e. The van der Waals surface area contributed by atoms with E-state index in [0.717, 1.165) is 38.5 Å². The molecule has 1 fully saturated rings. The van der Waals surface area contributed by atoms with E-state index in [0.29, 0.717) is 51.5 Å². The van der Waals surface area contributed by atoms with Crippen molar-refractivity contribution in [3.05, 3.63) is 87.2 Å². The molecule has 0 aliphatic carbocycles. The molecule has 0 unspecified atom stereocenters. The first kappa shape index (κ1) is 170. The Labute approximate surface area is 772 Å². The largest absolute Gasteiger partial charge is 0.693 e. The molecule has 61 heteroatoms. The van der Waals surface area contributed by atoms with E-state index in [1.807, 2.05) is 0 Å². The number of rotatable bonds is 47. The van der Waals surface area contributed by atoms with Gasteiger partial charge in [-0.1, -0.05) is 77.5 Å². The van der Waals surface area contributed by atoms with Gasteiger partial charge in [0.2, 0.25) is 5.91 Å². The van der Waals surface area contributed by atoms with Crippen LogP contribution in [0.4, 0.5) is 9.59 Å². The van der Waals surface area contributed by atoms with Crippen LogP contribution in [0.3, 0.4) is 0 Å². The zero-order chi connectivity index (χ0) is 87.8. The van der Waals surface area contributed by atoms with Gasteiger partial charge in [-0.05, 0) is 64.3 Å². The number of nitrogens with one attached hydrogen (secondary N) is 5. The molecule has 122 heavy (non-hydrogen) atoms. The topological polar surface area (TPSA) is 984 Å². The number of carboxylic acids is 9.